The van der Waals surface area contributed by atoms with Gasteiger partial charge in [-0.3, -0.25) is 9.69 Å². The molecular formula is C25H34N4O. The van der Waals surface area contributed by atoms with Crippen molar-refractivity contribution in [2.45, 2.75) is 26.8 Å². The van der Waals surface area contributed by atoms with E-state index in [9.17, 15) is 4.79 Å². The zero-order chi connectivity index (χ0) is 21.1. The molecule has 2 aromatic rings. The summed E-state index contributed by atoms with van der Waals surface area (Å²) in [6, 6.07) is 17.0. The number of carbonyl (C=O) groups excluding carboxylic acids is 1. The highest BCUT2D eigenvalue weighted by atomic mass is 16.2. The third kappa shape index (κ3) is 4.31. The average Bonchev–Trinajstić information content (AvgIpc) is 2.81. The summed E-state index contributed by atoms with van der Waals surface area (Å²) in [5.74, 6) is 0.280. The second-order valence-corrected chi connectivity index (χ2v) is 8.57. The van der Waals surface area contributed by atoms with E-state index in [0.29, 0.717) is 0 Å². The summed E-state index contributed by atoms with van der Waals surface area (Å²) in [6.45, 7) is 13.7. The van der Waals surface area contributed by atoms with Crippen LogP contribution in [0.5, 0.6) is 0 Å². The van der Waals surface area contributed by atoms with E-state index in [-0.39, 0.29) is 11.9 Å². The van der Waals surface area contributed by atoms with E-state index in [2.05, 4.69) is 82.8 Å². The number of hydrogen-bond donors (Lipinski definition) is 0. The van der Waals surface area contributed by atoms with Crippen LogP contribution in [0.15, 0.2) is 48.5 Å². The number of aryl methyl sites for hydroxylation is 1. The summed E-state index contributed by atoms with van der Waals surface area (Å²) in [6.07, 6.45) is 0. The summed E-state index contributed by atoms with van der Waals surface area (Å²) < 4.78 is 0. The fourth-order valence-electron chi connectivity index (χ4n) is 4.67. The Morgan fingerprint density at radius 1 is 0.767 bits per heavy atom. The molecule has 2 heterocycles. The third-order valence-electron chi connectivity index (χ3n) is 6.85. The third-order valence-corrected chi connectivity index (χ3v) is 6.85. The van der Waals surface area contributed by atoms with Crippen LogP contribution in [0, 0.1) is 13.8 Å². The number of carbonyl (C=O) groups is 1. The molecule has 30 heavy (non-hydrogen) atoms. The molecule has 160 valence electrons. The molecule has 5 nitrogen and oxygen atoms in total. The van der Waals surface area contributed by atoms with Gasteiger partial charge in [-0.1, -0.05) is 30.3 Å². The molecule has 2 saturated heterocycles. The van der Waals surface area contributed by atoms with Gasteiger partial charge in [-0.25, -0.2) is 0 Å². The lowest BCUT2D eigenvalue weighted by Gasteiger charge is -2.42. The van der Waals surface area contributed by atoms with Crippen LogP contribution in [0.2, 0.25) is 0 Å². The minimum absolute atomic E-state index is 0.0472. The maximum atomic E-state index is 13.1. The van der Waals surface area contributed by atoms with Crippen molar-refractivity contribution in [2.24, 2.45) is 0 Å². The first-order chi connectivity index (χ1) is 14.5. The molecule has 2 fully saturated rings. The van der Waals surface area contributed by atoms with Gasteiger partial charge in [-0.05, 0) is 50.1 Å². The fourth-order valence-corrected chi connectivity index (χ4v) is 4.67. The van der Waals surface area contributed by atoms with Gasteiger partial charge < -0.3 is 14.7 Å². The molecule has 0 saturated carbocycles. The van der Waals surface area contributed by atoms with Crippen LogP contribution in [0.3, 0.4) is 0 Å². The van der Waals surface area contributed by atoms with Crippen molar-refractivity contribution < 1.29 is 4.79 Å². The summed E-state index contributed by atoms with van der Waals surface area (Å²) in [5, 5.41) is 0. The van der Waals surface area contributed by atoms with Gasteiger partial charge in [0.25, 0.3) is 0 Å². The number of rotatable bonds is 4. The molecule has 5 heteroatoms. The highest BCUT2D eigenvalue weighted by Crippen LogP contribution is 2.24. The van der Waals surface area contributed by atoms with Crippen LogP contribution in [0.25, 0.3) is 0 Å². The minimum atomic E-state index is -0.0472. The Bertz CT molecular complexity index is 853. The summed E-state index contributed by atoms with van der Waals surface area (Å²) >= 11 is 0. The average molecular weight is 407 g/mol. The fraction of sp³-hybridized carbons (Fsp3) is 0.480. The van der Waals surface area contributed by atoms with Crippen molar-refractivity contribution in [3.05, 3.63) is 59.7 Å². The van der Waals surface area contributed by atoms with E-state index in [1.54, 1.807) is 0 Å². The largest absolute Gasteiger partial charge is 0.369 e. The highest BCUT2D eigenvalue weighted by molar-refractivity contribution is 5.82. The highest BCUT2D eigenvalue weighted by Gasteiger charge is 2.30. The van der Waals surface area contributed by atoms with Gasteiger partial charge in [0.1, 0.15) is 0 Å². The first-order valence-corrected chi connectivity index (χ1v) is 11.2. The molecule has 1 amide bonds. The molecule has 0 unspecified atom stereocenters. The number of amides is 1. The number of nitrogens with zero attached hydrogens (tertiary/aromatic N) is 4. The summed E-state index contributed by atoms with van der Waals surface area (Å²) in [7, 11) is 0. The molecule has 1 atom stereocenters. The quantitative estimate of drug-likeness (QED) is 0.780. The van der Waals surface area contributed by atoms with Crippen LogP contribution in [0.4, 0.5) is 11.4 Å². The Kier molecular flexibility index (Phi) is 6.28. The van der Waals surface area contributed by atoms with Gasteiger partial charge in [0.2, 0.25) is 5.91 Å². The Morgan fingerprint density at radius 2 is 1.40 bits per heavy atom. The number of benzene rings is 2. The van der Waals surface area contributed by atoms with Gasteiger partial charge in [-0.15, -0.1) is 0 Å². The lowest BCUT2D eigenvalue weighted by Crippen LogP contribution is -2.57. The van der Waals surface area contributed by atoms with E-state index in [0.717, 1.165) is 52.4 Å². The molecule has 0 spiro atoms. The number of para-hydroxylation sites is 1. The lowest BCUT2D eigenvalue weighted by atomic mass is 10.1. The molecular weight excluding hydrogens is 372 g/mol. The van der Waals surface area contributed by atoms with Crippen molar-refractivity contribution >= 4 is 17.3 Å². The van der Waals surface area contributed by atoms with Crippen LogP contribution >= 0.6 is 0 Å². The van der Waals surface area contributed by atoms with Gasteiger partial charge in [0.15, 0.2) is 0 Å². The van der Waals surface area contributed by atoms with Gasteiger partial charge in [0, 0.05) is 63.7 Å². The standard InChI is InChI=1S/C25H34N4O/c1-20-8-7-11-24(21(20)2)28-16-12-26(13-17-28)22(3)25(30)29-18-14-27(15-19-29)23-9-5-4-6-10-23/h4-11,22H,12-19H2,1-3H3/t22-/m1/s1. The first kappa shape index (κ1) is 20.7. The van der Waals surface area contributed by atoms with Gasteiger partial charge in [0.05, 0.1) is 6.04 Å². The first-order valence-electron chi connectivity index (χ1n) is 11.2. The second-order valence-electron chi connectivity index (χ2n) is 8.57. The van der Waals surface area contributed by atoms with E-state index in [4.69, 9.17) is 0 Å². The van der Waals surface area contributed by atoms with Crippen LogP contribution < -0.4 is 9.80 Å². The number of piperazine rings is 2. The predicted octanol–water partition coefficient (Wildman–Crippen LogP) is 3.16. The molecule has 4 rings (SSSR count). The van der Waals surface area contributed by atoms with Crippen LogP contribution in [0.1, 0.15) is 18.1 Å². The summed E-state index contributed by atoms with van der Waals surface area (Å²) in [4.78, 5) is 22.4. The molecule has 0 radical (unpaired) electrons. The number of hydrogen-bond acceptors (Lipinski definition) is 4. The van der Waals surface area contributed by atoms with E-state index in [1.165, 1.54) is 22.5 Å². The maximum Gasteiger partial charge on any atom is 0.239 e. The zero-order valence-electron chi connectivity index (χ0n) is 18.6. The molecule has 2 aliphatic rings. The van der Waals surface area contributed by atoms with E-state index >= 15 is 0 Å². The van der Waals surface area contributed by atoms with Crippen LogP contribution in [-0.4, -0.2) is 74.1 Å². The molecule has 2 aliphatic heterocycles. The SMILES string of the molecule is Cc1cccc(N2CCN([C@H](C)C(=O)N3CCN(c4ccccc4)CC3)CC2)c1C. The van der Waals surface area contributed by atoms with Crippen LogP contribution in [-0.2, 0) is 4.79 Å². The minimum Gasteiger partial charge on any atom is -0.369 e. The predicted molar refractivity (Wildman–Crippen MR) is 124 cm³/mol. The molecule has 0 bridgehead atoms. The monoisotopic (exact) mass is 406 g/mol. The topological polar surface area (TPSA) is 30.0 Å². The van der Waals surface area contributed by atoms with Crippen molar-refractivity contribution in [2.75, 3.05) is 62.2 Å². The van der Waals surface area contributed by atoms with Crippen molar-refractivity contribution in [1.29, 1.82) is 0 Å². The Morgan fingerprint density at radius 3 is 2.07 bits per heavy atom. The maximum absolute atomic E-state index is 13.1. The van der Waals surface area contributed by atoms with Crippen molar-refractivity contribution in [3.8, 4) is 0 Å². The molecule has 2 aromatic carbocycles. The number of anilines is 2. The van der Waals surface area contributed by atoms with Crippen molar-refractivity contribution in [1.82, 2.24) is 9.80 Å². The molecule has 0 N–H and O–H groups in total. The summed E-state index contributed by atoms with van der Waals surface area (Å²) in [5.41, 5.74) is 5.30. The normalized spacial score (nSPS) is 19.1. The molecule has 0 aromatic heterocycles. The van der Waals surface area contributed by atoms with Gasteiger partial charge >= 0.3 is 0 Å². The second kappa shape index (κ2) is 9.09. The lowest BCUT2D eigenvalue weighted by molar-refractivity contribution is -0.136. The smallest absolute Gasteiger partial charge is 0.239 e. The van der Waals surface area contributed by atoms with Crippen molar-refractivity contribution in [3.63, 3.8) is 0 Å². The van der Waals surface area contributed by atoms with E-state index < -0.39 is 0 Å². The molecule has 0 aliphatic carbocycles. The zero-order valence-corrected chi connectivity index (χ0v) is 18.6. The Balaban J connectivity index is 1.29. The van der Waals surface area contributed by atoms with E-state index in [1.807, 2.05) is 6.07 Å². The van der Waals surface area contributed by atoms with Gasteiger partial charge in [-0.2, -0.15) is 0 Å². The Hall–Kier alpha value is -2.53. The Labute approximate surface area is 180 Å².